The molecule has 0 fully saturated rings. The van der Waals surface area contributed by atoms with Gasteiger partial charge in [-0.2, -0.15) is 0 Å². The summed E-state index contributed by atoms with van der Waals surface area (Å²) in [5.41, 5.74) is 8.93. The molecule has 2 rings (SSSR count). The SMILES string of the molecule is COc1ccc2c(C)cc(CCCCN)nc2c1. The Morgan fingerprint density at radius 1 is 1.22 bits per heavy atom. The van der Waals surface area contributed by atoms with E-state index in [1.165, 1.54) is 10.9 Å². The van der Waals surface area contributed by atoms with Crippen molar-refractivity contribution < 1.29 is 4.74 Å². The Kier molecular flexibility index (Phi) is 4.15. The number of hydrogen-bond acceptors (Lipinski definition) is 3. The molecule has 3 heteroatoms. The second kappa shape index (κ2) is 5.83. The van der Waals surface area contributed by atoms with Crippen molar-refractivity contribution in [3.05, 3.63) is 35.5 Å². The van der Waals surface area contributed by atoms with Crippen molar-refractivity contribution in [3.63, 3.8) is 0 Å². The van der Waals surface area contributed by atoms with Crippen LogP contribution in [-0.2, 0) is 6.42 Å². The third kappa shape index (κ3) is 2.79. The number of methoxy groups -OCH3 is 1. The number of rotatable bonds is 5. The normalized spacial score (nSPS) is 10.8. The summed E-state index contributed by atoms with van der Waals surface area (Å²) in [6, 6.07) is 8.21. The quantitative estimate of drug-likeness (QED) is 0.823. The van der Waals surface area contributed by atoms with E-state index in [1.807, 2.05) is 12.1 Å². The average molecular weight is 244 g/mol. The molecule has 0 spiro atoms. The predicted octanol–water partition coefficient (Wildman–Crippen LogP) is 2.83. The number of aryl methyl sites for hydroxylation is 2. The van der Waals surface area contributed by atoms with E-state index in [0.29, 0.717) is 0 Å². The van der Waals surface area contributed by atoms with Crippen molar-refractivity contribution in [3.8, 4) is 5.75 Å². The lowest BCUT2D eigenvalue weighted by Gasteiger charge is -2.08. The topological polar surface area (TPSA) is 48.1 Å². The number of benzene rings is 1. The number of ether oxygens (including phenoxy) is 1. The summed E-state index contributed by atoms with van der Waals surface area (Å²) in [5, 5.41) is 1.19. The average Bonchev–Trinajstić information content (AvgIpc) is 2.38. The summed E-state index contributed by atoms with van der Waals surface area (Å²) in [4.78, 5) is 4.70. The molecule has 0 atom stereocenters. The molecule has 1 heterocycles. The predicted molar refractivity (Wildman–Crippen MR) is 75.0 cm³/mol. The highest BCUT2D eigenvalue weighted by atomic mass is 16.5. The van der Waals surface area contributed by atoms with Crippen molar-refractivity contribution >= 4 is 10.9 Å². The summed E-state index contributed by atoms with van der Waals surface area (Å²) in [5.74, 6) is 0.855. The molecule has 3 nitrogen and oxygen atoms in total. The van der Waals surface area contributed by atoms with E-state index in [2.05, 4.69) is 19.1 Å². The van der Waals surface area contributed by atoms with E-state index in [-0.39, 0.29) is 0 Å². The lowest BCUT2D eigenvalue weighted by atomic mass is 10.1. The van der Waals surface area contributed by atoms with Crippen molar-refractivity contribution in [1.82, 2.24) is 4.98 Å². The van der Waals surface area contributed by atoms with Crippen LogP contribution in [0.3, 0.4) is 0 Å². The first-order valence-corrected chi connectivity index (χ1v) is 6.39. The minimum atomic E-state index is 0.750. The van der Waals surface area contributed by atoms with Crippen LogP contribution in [0.2, 0.25) is 0 Å². The first-order valence-electron chi connectivity index (χ1n) is 6.39. The van der Waals surface area contributed by atoms with Gasteiger partial charge in [0.25, 0.3) is 0 Å². The summed E-state index contributed by atoms with van der Waals surface area (Å²) in [6.07, 6.45) is 3.14. The molecule has 0 saturated carbocycles. The smallest absolute Gasteiger partial charge is 0.121 e. The van der Waals surface area contributed by atoms with Crippen LogP contribution in [0.25, 0.3) is 10.9 Å². The third-order valence-corrected chi connectivity index (χ3v) is 3.16. The van der Waals surface area contributed by atoms with Crippen LogP contribution in [0.4, 0.5) is 0 Å². The highest BCUT2D eigenvalue weighted by Gasteiger charge is 2.04. The Bertz CT molecular complexity index is 537. The standard InChI is InChI=1S/C15H20N2O/c1-11-9-12(5-3-4-8-16)17-15-10-13(18-2)6-7-14(11)15/h6-7,9-10H,3-5,8,16H2,1-2H3. The maximum Gasteiger partial charge on any atom is 0.121 e. The van der Waals surface area contributed by atoms with Gasteiger partial charge in [0.2, 0.25) is 0 Å². The summed E-state index contributed by atoms with van der Waals surface area (Å²) >= 11 is 0. The molecule has 0 unspecified atom stereocenters. The molecule has 2 N–H and O–H groups in total. The Morgan fingerprint density at radius 3 is 2.78 bits per heavy atom. The van der Waals surface area contributed by atoms with Gasteiger partial charge in [-0.15, -0.1) is 0 Å². The highest BCUT2D eigenvalue weighted by molar-refractivity contribution is 5.83. The van der Waals surface area contributed by atoms with Crippen molar-refractivity contribution in [2.45, 2.75) is 26.2 Å². The molecule has 1 aromatic carbocycles. The molecule has 0 saturated heterocycles. The number of unbranched alkanes of at least 4 members (excludes halogenated alkanes) is 1. The van der Waals surface area contributed by atoms with Gasteiger partial charge in [0.05, 0.1) is 12.6 Å². The first-order chi connectivity index (χ1) is 8.74. The van der Waals surface area contributed by atoms with Crippen molar-refractivity contribution in [1.29, 1.82) is 0 Å². The summed E-state index contributed by atoms with van der Waals surface area (Å²) < 4.78 is 5.24. The largest absolute Gasteiger partial charge is 0.497 e. The second-order valence-electron chi connectivity index (χ2n) is 4.56. The van der Waals surface area contributed by atoms with Gasteiger partial charge >= 0.3 is 0 Å². The molecular formula is C15H20N2O. The molecule has 0 amide bonds. The van der Waals surface area contributed by atoms with E-state index in [1.54, 1.807) is 7.11 Å². The first kappa shape index (κ1) is 12.8. The maximum atomic E-state index is 5.51. The van der Waals surface area contributed by atoms with Crippen LogP contribution >= 0.6 is 0 Å². The summed E-state index contributed by atoms with van der Waals surface area (Å²) in [7, 11) is 1.68. The highest BCUT2D eigenvalue weighted by Crippen LogP contribution is 2.23. The Balaban J connectivity index is 2.33. The minimum Gasteiger partial charge on any atom is -0.497 e. The lowest BCUT2D eigenvalue weighted by molar-refractivity contribution is 0.415. The van der Waals surface area contributed by atoms with Crippen molar-refractivity contribution in [2.75, 3.05) is 13.7 Å². The Hall–Kier alpha value is -1.61. The van der Waals surface area contributed by atoms with E-state index in [0.717, 1.165) is 42.8 Å². The maximum absolute atomic E-state index is 5.51. The number of aromatic nitrogens is 1. The molecule has 1 aromatic heterocycles. The van der Waals surface area contributed by atoms with Gasteiger partial charge in [-0.05, 0) is 56.5 Å². The molecule has 0 radical (unpaired) electrons. The number of pyridine rings is 1. The Morgan fingerprint density at radius 2 is 2.06 bits per heavy atom. The molecule has 0 aliphatic rings. The van der Waals surface area contributed by atoms with E-state index >= 15 is 0 Å². The number of nitrogens with zero attached hydrogens (tertiary/aromatic N) is 1. The van der Waals surface area contributed by atoms with Crippen LogP contribution in [-0.4, -0.2) is 18.6 Å². The van der Waals surface area contributed by atoms with Crippen LogP contribution in [0.5, 0.6) is 5.75 Å². The zero-order valence-electron chi connectivity index (χ0n) is 11.1. The van der Waals surface area contributed by atoms with Crippen LogP contribution < -0.4 is 10.5 Å². The molecule has 2 aromatic rings. The van der Waals surface area contributed by atoms with Crippen LogP contribution in [0.1, 0.15) is 24.1 Å². The van der Waals surface area contributed by atoms with Gasteiger partial charge in [0, 0.05) is 17.1 Å². The zero-order chi connectivity index (χ0) is 13.0. The lowest BCUT2D eigenvalue weighted by Crippen LogP contribution is -2.00. The fourth-order valence-electron chi connectivity index (χ4n) is 2.16. The second-order valence-corrected chi connectivity index (χ2v) is 4.56. The van der Waals surface area contributed by atoms with Gasteiger partial charge < -0.3 is 10.5 Å². The third-order valence-electron chi connectivity index (χ3n) is 3.16. The number of nitrogens with two attached hydrogens (primary N) is 1. The fraction of sp³-hybridized carbons (Fsp3) is 0.400. The van der Waals surface area contributed by atoms with E-state index < -0.39 is 0 Å². The van der Waals surface area contributed by atoms with Gasteiger partial charge in [-0.1, -0.05) is 0 Å². The van der Waals surface area contributed by atoms with Gasteiger partial charge in [-0.25, -0.2) is 0 Å². The van der Waals surface area contributed by atoms with Gasteiger partial charge in [0.15, 0.2) is 0 Å². The van der Waals surface area contributed by atoms with Crippen LogP contribution in [0.15, 0.2) is 24.3 Å². The molecule has 0 aliphatic heterocycles. The van der Waals surface area contributed by atoms with Crippen molar-refractivity contribution in [2.24, 2.45) is 5.73 Å². The van der Waals surface area contributed by atoms with Crippen LogP contribution in [0, 0.1) is 6.92 Å². The number of fused-ring (bicyclic) bond motifs is 1. The molecule has 0 aliphatic carbocycles. The molecular weight excluding hydrogens is 224 g/mol. The molecule has 96 valence electrons. The van der Waals surface area contributed by atoms with Gasteiger partial charge in [0.1, 0.15) is 5.75 Å². The van der Waals surface area contributed by atoms with E-state index in [4.69, 9.17) is 15.5 Å². The Labute approximate surface area is 108 Å². The monoisotopic (exact) mass is 244 g/mol. The molecule has 0 bridgehead atoms. The zero-order valence-corrected chi connectivity index (χ0v) is 11.1. The van der Waals surface area contributed by atoms with E-state index in [9.17, 15) is 0 Å². The molecule has 18 heavy (non-hydrogen) atoms. The minimum absolute atomic E-state index is 0.750. The number of hydrogen-bond donors (Lipinski definition) is 1. The summed E-state index contributed by atoms with van der Waals surface area (Å²) in [6.45, 7) is 2.88. The van der Waals surface area contributed by atoms with Gasteiger partial charge in [-0.3, -0.25) is 4.98 Å². The fourth-order valence-corrected chi connectivity index (χ4v) is 2.16.